The molecule has 2 aromatic heterocycles. The van der Waals surface area contributed by atoms with Crippen molar-refractivity contribution in [3.63, 3.8) is 0 Å². The number of nitrogens with one attached hydrogen (secondary N) is 1. The van der Waals surface area contributed by atoms with Crippen LogP contribution in [0.4, 0.5) is 10.5 Å². The molecule has 160 valence electrons. The van der Waals surface area contributed by atoms with Gasteiger partial charge in [-0.05, 0) is 49.9 Å². The Balaban J connectivity index is 1.77. The SMILES string of the molecule is CC(C)(C)OC(=O)Nc1ccc2c(c1)nc(-c1ccc(C(C)(C)C)cc1)c1nccn12. The van der Waals surface area contributed by atoms with Crippen molar-refractivity contribution in [2.75, 3.05) is 5.32 Å². The van der Waals surface area contributed by atoms with E-state index in [4.69, 9.17) is 9.72 Å². The maximum Gasteiger partial charge on any atom is 0.412 e. The molecule has 0 aliphatic heterocycles. The van der Waals surface area contributed by atoms with Crippen LogP contribution in [0.25, 0.3) is 27.9 Å². The lowest BCUT2D eigenvalue weighted by Gasteiger charge is -2.20. The van der Waals surface area contributed by atoms with E-state index >= 15 is 0 Å². The van der Waals surface area contributed by atoms with Crippen molar-refractivity contribution >= 4 is 28.5 Å². The van der Waals surface area contributed by atoms with Crippen LogP contribution in [0.5, 0.6) is 0 Å². The van der Waals surface area contributed by atoms with Gasteiger partial charge in [0, 0.05) is 23.6 Å². The first-order valence-electron chi connectivity index (χ1n) is 10.4. The number of amides is 1. The standard InChI is InChI=1S/C25H28N4O2/c1-24(2,3)17-9-7-16(8-10-17)21-22-26-13-14-29(22)20-12-11-18(15-19(20)28-21)27-23(30)31-25(4,5)6/h7-15H,1-6H3,(H,27,30). The number of hydrogen-bond donors (Lipinski definition) is 1. The lowest BCUT2D eigenvalue weighted by atomic mass is 9.86. The molecule has 0 fully saturated rings. The van der Waals surface area contributed by atoms with Gasteiger partial charge in [0.2, 0.25) is 0 Å². The highest BCUT2D eigenvalue weighted by Gasteiger charge is 2.18. The topological polar surface area (TPSA) is 68.5 Å². The summed E-state index contributed by atoms with van der Waals surface area (Å²) in [5.41, 5.74) is 5.68. The van der Waals surface area contributed by atoms with Gasteiger partial charge in [0.05, 0.1) is 11.0 Å². The van der Waals surface area contributed by atoms with E-state index in [9.17, 15) is 4.79 Å². The zero-order valence-electron chi connectivity index (χ0n) is 18.9. The maximum atomic E-state index is 12.2. The van der Waals surface area contributed by atoms with Gasteiger partial charge in [0.15, 0.2) is 5.65 Å². The van der Waals surface area contributed by atoms with Gasteiger partial charge in [-0.15, -0.1) is 0 Å². The van der Waals surface area contributed by atoms with E-state index in [1.54, 1.807) is 6.20 Å². The third-order valence-electron chi connectivity index (χ3n) is 4.99. The number of hydrogen-bond acceptors (Lipinski definition) is 4. The first-order chi connectivity index (χ1) is 14.5. The maximum absolute atomic E-state index is 12.2. The van der Waals surface area contributed by atoms with Crippen molar-refractivity contribution in [1.29, 1.82) is 0 Å². The van der Waals surface area contributed by atoms with Crippen molar-refractivity contribution in [1.82, 2.24) is 14.4 Å². The van der Waals surface area contributed by atoms with Gasteiger partial charge in [-0.3, -0.25) is 9.72 Å². The molecule has 0 atom stereocenters. The number of imidazole rings is 1. The monoisotopic (exact) mass is 416 g/mol. The van der Waals surface area contributed by atoms with Gasteiger partial charge in [-0.1, -0.05) is 45.0 Å². The molecular formula is C25H28N4O2. The van der Waals surface area contributed by atoms with Crippen molar-refractivity contribution in [3.8, 4) is 11.3 Å². The van der Waals surface area contributed by atoms with E-state index in [0.29, 0.717) is 5.69 Å². The quantitative estimate of drug-likeness (QED) is 0.423. The second-order valence-electron chi connectivity index (χ2n) is 9.74. The lowest BCUT2D eigenvalue weighted by molar-refractivity contribution is 0.0636. The predicted octanol–water partition coefficient (Wildman–Crippen LogP) is 6.19. The summed E-state index contributed by atoms with van der Waals surface area (Å²) in [6, 6.07) is 14.1. The number of carbonyl (C=O) groups excluding carboxylic acids is 1. The molecule has 0 saturated carbocycles. The summed E-state index contributed by atoms with van der Waals surface area (Å²) in [6.07, 6.45) is 3.21. The number of ether oxygens (including phenoxy) is 1. The minimum atomic E-state index is -0.561. The summed E-state index contributed by atoms with van der Waals surface area (Å²) < 4.78 is 7.38. The van der Waals surface area contributed by atoms with Crippen molar-refractivity contribution < 1.29 is 9.53 Å². The molecule has 0 aliphatic rings. The van der Waals surface area contributed by atoms with Gasteiger partial charge >= 0.3 is 6.09 Å². The Morgan fingerprint density at radius 2 is 1.71 bits per heavy atom. The molecule has 0 radical (unpaired) electrons. The molecule has 2 aromatic carbocycles. The molecule has 6 nitrogen and oxygen atoms in total. The summed E-state index contributed by atoms with van der Waals surface area (Å²) in [6.45, 7) is 12.1. The first-order valence-corrected chi connectivity index (χ1v) is 10.4. The van der Waals surface area contributed by atoms with E-state index in [1.807, 2.05) is 49.6 Å². The third kappa shape index (κ3) is 4.38. The van der Waals surface area contributed by atoms with Gasteiger partial charge in [0.1, 0.15) is 11.3 Å². The van der Waals surface area contributed by atoms with Gasteiger partial charge in [-0.25, -0.2) is 14.8 Å². The fourth-order valence-electron chi connectivity index (χ4n) is 3.48. The fraction of sp³-hybridized carbons (Fsp3) is 0.320. The lowest BCUT2D eigenvalue weighted by Crippen LogP contribution is -2.27. The Bertz CT molecular complexity index is 1260. The van der Waals surface area contributed by atoms with Crippen LogP contribution in [0.3, 0.4) is 0 Å². The number of rotatable bonds is 2. The molecular weight excluding hydrogens is 388 g/mol. The smallest absolute Gasteiger partial charge is 0.412 e. The Morgan fingerprint density at radius 3 is 2.35 bits per heavy atom. The Hall–Kier alpha value is -3.41. The molecule has 31 heavy (non-hydrogen) atoms. The normalized spacial score (nSPS) is 12.3. The van der Waals surface area contributed by atoms with Crippen LogP contribution in [0.1, 0.15) is 47.1 Å². The molecule has 2 heterocycles. The summed E-state index contributed by atoms with van der Waals surface area (Å²) in [4.78, 5) is 21.6. The molecule has 0 aliphatic carbocycles. The van der Waals surface area contributed by atoms with Gasteiger partial charge in [0.25, 0.3) is 0 Å². The minimum Gasteiger partial charge on any atom is -0.444 e. The molecule has 0 bridgehead atoms. The Labute approximate surface area is 182 Å². The third-order valence-corrected chi connectivity index (χ3v) is 4.99. The van der Waals surface area contributed by atoms with Crippen molar-refractivity contribution in [3.05, 3.63) is 60.4 Å². The molecule has 4 aromatic rings. The van der Waals surface area contributed by atoms with Gasteiger partial charge in [-0.2, -0.15) is 0 Å². The number of fused-ring (bicyclic) bond motifs is 3. The van der Waals surface area contributed by atoms with E-state index in [2.05, 4.69) is 55.3 Å². The Kier molecular flexibility index (Phi) is 4.96. The average Bonchev–Trinajstić information content (AvgIpc) is 3.15. The van der Waals surface area contributed by atoms with Crippen LogP contribution in [-0.4, -0.2) is 26.1 Å². The molecule has 4 rings (SSSR count). The van der Waals surface area contributed by atoms with Crippen LogP contribution in [0.2, 0.25) is 0 Å². The zero-order chi connectivity index (χ0) is 22.4. The second kappa shape index (κ2) is 7.38. The molecule has 1 amide bonds. The van der Waals surface area contributed by atoms with Crippen LogP contribution >= 0.6 is 0 Å². The highest BCUT2D eigenvalue weighted by Crippen LogP contribution is 2.30. The van der Waals surface area contributed by atoms with E-state index < -0.39 is 11.7 Å². The highest BCUT2D eigenvalue weighted by atomic mass is 16.6. The molecule has 1 N–H and O–H groups in total. The number of nitrogens with zero attached hydrogens (tertiary/aromatic N) is 3. The average molecular weight is 417 g/mol. The van der Waals surface area contributed by atoms with Crippen LogP contribution < -0.4 is 5.32 Å². The molecule has 0 saturated heterocycles. The van der Waals surface area contributed by atoms with E-state index in [-0.39, 0.29) is 5.41 Å². The highest BCUT2D eigenvalue weighted by molar-refractivity contribution is 5.91. The Morgan fingerprint density at radius 1 is 1.00 bits per heavy atom. The van der Waals surface area contributed by atoms with Crippen LogP contribution in [0, 0.1) is 0 Å². The summed E-state index contributed by atoms with van der Waals surface area (Å²) in [5.74, 6) is 0. The summed E-state index contributed by atoms with van der Waals surface area (Å²) in [7, 11) is 0. The fourth-order valence-corrected chi connectivity index (χ4v) is 3.48. The zero-order valence-corrected chi connectivity index (χ0v) is 18.9. The number of carbonyl (C=O) groups is 1. The van der Waals surface area contributed by atoms with Crippen molar-refractivity contribution in [2.24, 2.45) is 0 Å². The van der Waals surface area contributed by atoms with Crippen molar-refractivity contribution in [2.45, 2.75) is 52.6 Å². The molecule has 0 unspecified atom stereocenters. The second-order valence-corrected chi connectivity index (χ2v) is 9.74. The largest absolute Gasteiger partial charge is 0.444 e. The van der Waals surface area contributed by atoms with E-state index in [0.717, 1.165) is 27.9 Å². The summed E-state index contributed by atoms with van der Waals surface area (Å²) in [5, 5.41) is 2.79. The first kappa shape index (κ1) is 20.8. The van der Waals surface area contributed by atoms with Gasteiger partial charge < -0.3 is 4.74 Å². The molecule has 6 heteroatoms. The number of benzene rings is 2. The number of aromatic nitrogens is 3. The molecule has 0 spiro atoms. The number of anilines is 1. The van der Waals surface area contributed by atoms with E-state index in [1.165, 1.54) is 5.56 Å². The predicted molar refractivity (Wildman–Crippen MR) is 124 cm³/mol. The van der Waals surface area contributed by atoms with Crippen LogP contribution in [0.15, 0.2) is 54.9 Å². The van der Waals surface area contributed by atoms with Crippen LogP contribution in [-0.2, 0) is 10.2 Å². The minimum absolute atomic E-state index is 0.0835. The summed E-state index contributed by atoms with van der Waals surface area (Å²) >= 11 is 0.